The second kappa shape index (κ2) is 4.77. The van der Waals surface area contributed by atoms with Crippen molar-refractivity contribution < 1.29 is 14.4 Å². The van der Waals surface area contributed by atoms with Crippen LogP contribution in [0.25, 0.3) is 0 Å². The third kappa shape index (κ3) is 5.45. The zero-order chi connectivity index (χ0) is 8.85. The molecule has 0 heterocycles. The molecule has 0 unspecified atom stereocenters. The molecular formula is C8H12O3. The fourth-order valence-corrected chi connectivity index (χ4v) is 0.685. The predicted molar refractivity (Wildman–Crippen MR) is 40.2 cm³/mol. The molecule has 0 atom stereocenters. The lowest BCUT2D eigenvalue weighted by Crippen LogP contribution is -2.09. The van der Waals surface area contributed by atoms with E-state index in [1.165, 1.54) is 6.92 Å². The van der Waals surface area contributed by atoms with Crippen molar-refractivity contribution in [2.75, 3.05) is 0 Å². The standard InChI is InChI=1S/C8H12O3/c1-3-7(10)5-8(11)4-6(2)9/h3-5H2,1-2H3. The first kappa shape index (κ1) is 10.0. The Bertz CT molecular complexity index is 182. The monoisotopic (exact) mass is 156 g/mol. The maximum atomic E-state index is 10.8. The van der Waals surface area contributed by atoms with Gasteiger partial charge in [-0.15, -0.1) is 0 Å². The molecule has 0 N–H and O–H groups in total. The summed E-state index contributed by atoms with van der Waals surface area (Å²) < 4.78 is 0. The molecule has 0 saturated carbocycles. The molecule has 0 aromatic rings. The van der Waals surface area contributed by atoms with Crippen LogP contribution in [0.15, 0.2) is 0 Å². The Morgan fingerprint density at radius 1 is 1.00 bits per heavy atom. The first-order valence-electron chi connectivity index (χ1n) is 3.59. The summed E-state index contributed by atoms with van der Waals surface area (Å²) in [5.74, 6) is -0.556. The minimum Gasteiger partial charge on any atom is -0.300 e. The van der Waals surface area contributed by atoms with E-state index in [1.807, 2.05) is 0 Å². The van der Waals surface area contributed by atoms with Crippen molar-refractivity contribution in [1.82, 2.24) is 0 Å². The molecule has 0 bridgehead atoms. The molecule has 0 aliphatic rings. The molecule has 0 saturated heterocycles. The fourth-order valence-electron chi connectivity index (χ4n) is 0.685. The van der Waals surface area contributed by atoms with Crippen LogP contribution < -0.4 is 0 Å². The van der Waals surface area contributed by atoms with E-state index in [0.717, 1.165) is 0 Å². The number of Topliss-reactive ketones (excluding diaryl/α,β-unsaturated/α-hetero) is 3. The molecule has 62 valence electrons. The van der Waals surface area contributed by atoms with E-state index < -0.39 is 0 Å². The second-order valence-corrected chi connectivity index (χ2v) is 2.49. The lowest BCUT2D eigenvalue weighted by Gasteiger charge is -1.93. The van der Waals surface area contributed by atoms with E-state index >= 15 is 0 Å². The van der Waals surface area contributed by atoms with Crippen LogP contribution >= 0.6 is 0 Å². The summed E-state index contributed by atoms with van der Waals surface area (Å²) in [5, 5.41) is 0. The third-order valence-corrected chi connectivity index (χ3v) is 1.23. The minimum absolute atomic E-state index is 0.0872. The average Bonchev–Trinajstić information content (AvgIpc) is 1.85. The van der Waals surface area contributed by atoms with Gasteiger partial charge in [-0.3, -0.25) is 14.4 Å². The number of hydrogen-bond acceptors (Lipinski definition) is 3. The second-order valence-electron chi connectivity index (χ2n) is 2.49. The SMILES string of the molecule is CCC(=O)CC(=O)CC(C)=O. The highest BCUT2D eigenvalue weighted by Gasteiger charge is 2.08. The lowest BCUT2D eigenvalue weighted by molar-refractivity contribution is -0.129. The fraction of sp³-hybridized carbons (Fsp3) is 0.625. The Kier molecular flexibility index (Phi) is 4.34. The summed E-state index contributed by atoms with van der Waals surface area (Å²) >= 11 is 0. The largest absolute Gasteiger partial charge is 0.300 e. The van der Waals surface area contributed by atoms with Gasteiger partial charge in [0.2, 0.25) is 0 Å². The Hall–Kier alpha value is -0.990. The van der Waals surface area contributed by atoms with Crippen LogP contribution in [0.3, 0.4) is 0 Å². The van der Waals surface area contributed by atoms with Crippen LogP contribution in [0.5, 0.6) is 0 Å². The van der Waals surface area contributed by atoms with E-state index in [9.17, 15) is 14.4 Å². The Balaban J connectivity index is 3.70. The van der Waals surface area contributed by atoms with Gasteiger partial charge in [0.05, 0.1) is 12.8 Å². The van der Waals surface area contributed by atoms with Crippen molar-refractivity contribution in [3.05, 3.63) is 0 Å². The Morgan fingerprint density at radius 3 is 1.91 bits per heavy atom. The molecule has 0 rings (SSSR count). The normalized spacial score (nSPS) is 9.27. The van der Waals surface area contributed by atoms with Crippen molar-refractivity contribution in [3.8, 4) is 0 Å². The first-order chi connectivity index (χ1) is 5.06. The summed E-state index contributed by atoms with van der Waals surface area (Å²) in [4.78, 5) is 31.8. The first-order valence-corrected chi connectivity index (χ1v) is 3.59. The van der Waals surface area contributed by atoms with Gasteiger partial charge in [0, 0.05) is 6.42 Å². The Labute approximate surface area is 65.8 Å². The van der Waals surface area contributed by atoms with Gasteiger partial charge in [0.25, 0.3) is 0 Å². The van der Waals surface area contributed by atoms with Gasteiger partial charge in [-0.05, 0) is 6.92 Å². The van der Waals surface area contributed by atoms with Crippen LogP contribution in [0.2, 0.25) is 0 Å². The van der Waals surface area contributed by atoms with Gasteiger partial charge < -0.3 is 0 Å². The van der Waals surface area contributed by atoms with Crippen LogP contribution in [0.4, 0.5) is 0 Å². The zero-order valence-electron chi connectivity index (χ0n) is 6.85. The minimum atomic E-state index is -0.274. The van der Waals surface area contributed by atoms with Crippen molar-refractivity contribution in [2.24, 2.45) is 0 Å². The van der Waals surface area contributed by atoms with Crippen LogP contribution in [0.1, 0.15) is 33.1 Å². The number of hydrogen-bond donors (Lipinski definition) is 0. The molecule has 0 amide bonds. The summed E-state index contributed by atoms with van der Waals surface area (Å²) in [6, 6.07) is 0. The molecule has 0 spiro atoms. The van der Waals surface area contributed by atoms with E-state index in [-0.39, 0.29) is 30.2 Å². The number of ketones is 3. The van der Waals surface area contributed by atoms with Crippen molar-refractivity contribution in [2.45, 2.75) is 33.1 Å². The van der Waals surface area contributed by atoms with Gasteiger partial charge >= 0.3 is 0 Å². The molecular weight excluding hydrogens is 144 g/mol. The highest BCUT2D eigenvalue weighted by Crippen LogP contribution is 1.95. The molecule has 3 nitrogen and oxygen atoms in total. The predicted octanol–water partition coefficient (Wildman–Crippen LogP) is 0.904. The highest BCUT2D eigenvalue weighted by atomic mass is 16.2. The average molecular weight is 156 g/mol. The van der Waals surface area contributed by atoms with Crippen molar-refractivity contribution in [3.63, 3.8) is 0 Å². The topological polar surface area (TPSA) is 51.2 Å². The van der Waals surface area contributed by atoms with Gasteiger partial charge in [-0.25, -0.2) is 0 Å². The van der Waals surface area contributed by atoms with E-state index in [2.05, 4.69) is 0 Å². The van der Waals surface area contributed by atoms with E-state index in [0.29, 0.717) is 6.42 Å². The van der Waals surface area contributed by atoms with E-state index in [1.54, 1.807) is 6.92 Å². The van der Waals surface area contributed by atoms with Crippen molar-refractivity contribution in [1.29, 1.82) is 0 Å². The molecule has 0 aliphatic heterocycles. The smallest absolute Gasteiger partial charge is 0.147 e. The Morgan fingerprint density at radius 2 is 1.55 bits per heavy atom. The third-order valence-electron chi connectivity index (χ3n) is 1.23. The van der Waals surface area contributed by atoms with Gasteiger partial charge in [-0.2, -0.15) is 0 Å². The van der Waals surface area contributed by atoms with Crippen LogP contribution in [-0.2, 0) is 14.4 Å². The molecule has 0 aliphatic carbocycles. The molecule has 0 aromatic carbocycles. The molecule has 3 heteroatoms. The summed E-state index contributed by atoms with van der Waals surface area (Å²) in [6.45, 7) is 3.04. The summed E-state index contributed by atoms with van der Waals surface area (Å²) in [6.07, 6.45) is 0.172. The maximum absolute atomic E-state index is 10.8. The quantitative estimate of drug-likeness (QED) is 0.556. The number of carbonyl (C=O) groups excluding carboxylic acids is 3. The zero-order valence-corrected chi connectivity index (χ0v) is 6.85. The van der Waals surface area contributed by atoms with Crippen LogP contribution in [0, 0.1) is 0 Å². The van der Waals surface area contributed by atoms with Gasteiger partial charge in [0.1, 0.15) is 17.3 Å². The highest BCUT2D eigenvalue weighted by molar-refractivity contribution is 6.06. The van der Waals surface area contributed by atoms with Crippen LogP contribution in [-0.4, -0.2) is 17.3 Å². The van der Waals surface area contributed by atoms with E-state index in [4.69, 9.17) is 0 Å². The molecule has 0 radical (unpaired) electrons. The number of rotatable bonds is 5. The lowest BCUT2D eigenvalue weighted by atomic mass is 10.1. The van der Waals surface area contributed by atoms with Gasteiger partial charge in [-0.1, -0.05) is 6.92 Å². The summed E-state index contributed by atoms with van der Waals surface area (Å²) in [5.41, 5.74) is 0. The maximum Gasteiger partial charge on any atom is 0.147 e. The van der Waals surface area contributed by atoms with Crippen molar-refractivity contribution >= 4 is 17.3 Å². The van der Waals surface area contributed by atoms with Gasteiger partial charge in [0.15, 0.2) is 0 Å². The molecule has 11 heavy (non-hydrogen) atoms. The summed E-state index contributed by atoms with van der Waals surface area (Å²) in [7, 11) is 0. The number of carbonyl (C=O) groups is 3. The molecule has 0 aromatic heterocycles. The molecule has 0 fully saturated rings.